The van der Waals surface area contributed by atoms with Gasteiger partial charge in [-0.3, -0.25) is 0 Å². The van der Waals surface area contributed by atoms with Gasteiger partial charge in [-0.05, 0) is 82.9 Å². The first-order valence-electron chi connectivity index (χ1n) is 20.9. The highest BCUT2D eigenvalue weighted by molar-refractivity contribution is 6.16. The molecule has 0 atom stereocenters. The SMILES string of the molecule is c1ccc(-c2nc(-c3ccccc3)nc(-c3cccc(-c4ccc5c(c4)c4ccccc4n5-c4ccc(-c5cccc6c5c5ccccc5n6-c5ccccc5)cc4)c3)n2)cc1. The fraction of sp³-hybridized carbons (Fsp3) is 0. The fourth-order valence-electron chi connectivity index (χ4n) is 9.11. The van der Waals surface area contributed by atoms with E-state index in [1.807, 2.05) is 60.7 Å². The van der Waals surface area contributed by atoms with Crippen LogP contribution in [0.5, 0.6) is 0 Å². The van der Waals surface area contributed by atoms with Crippen LogP contribution in [0.3, 0.4) is 0 Å². The van der Waals surface area contributed by atoms with Gasteiger partial charge >= 0.3 is 0 Å². The zero-order valence-electron chi connectivity index (χ0n) is 33.6. The van der Waals surface area contributed by atoms with E-state index in [9.17, 15) is 0 Å². The van der Waals surface area contributed by atoms with Crippen LogP contribution in [0, 0.1) is 0 Å². The van der Waals surface area contributed by atoms with E-state index in [4.69, 9.17) is 15.0 Å². The Balaban J connectivity index is 0.939. The van der Waals surface area contributed by atoms with Gasteiger partial charge in [0.1, 0.15) is 0 Å². The monoisotopic (exact) mass is 791 g/mol. The van der Waals surface area contributed by atoms with Gasteiger partial charge in [0, 0.05) is 49.6 Å². The first-order chi connectivity index (χ1) is 30.7. The van der Waals surface area contributed by atoms with Crippen LogP contribution < -0.4 is 0 Å². The molecule has 9 aromatic carbocycles. The van der Waals surface area contributed by atoms with Crippen molar-refractivity contribution >= 4 is 43.6 Å². The summed E-state index contributed by atoms with van der Waals surface area (Å²) < 4.78 is 4.76. The van der Waals surface area contributed by atoms with Crippen molar-refractivity contribution in [1.82, 2.24) is 24.1 Å². The molecular weight excluding hydrogens is 755 g/mol. The Hall–Kier alpha value is -8.41. The summed E-state index contributed by atoms with van der Waals surface area (Å²) in [6.45, 7) is 0. The molecule has 3 heterocycles. The Morgan fingerprint density at radius 1 is 0.258 bits per heavy atom. The highest BCUT2D eigenvalue weighted by Gasteiger charge is 2.18. The van der Waals surface area contributed by atoms with Crippen LogP contribution in [0.15, 0.2) is 224 Å². The molecule has 0 spiro atoms. The van der Waals surface area contributed by atoms with E-state index in [2.05, 4.69) is 173 Å². The summed E-state index contributed by atoms with van der Waals surface area (Å²) in [5.74, 6) is 1.93. The molecule has 0 N–H and O–H groups in total. The normalized spacial score (nSPS) is 11.5. The van der Waals surface area contributed by atoms with Crippen molar-refractivity contribution in [1.29, 1.82) is 0 Å². The summed E-state index contributed by atoms with van der Waals surface area (Å²) in [4.78, 5) is 14.9. The van der Waals surface area contributed by atoms with Crippen molar-refractivity contribution in [2.24, 2.45) is 0 Å². The predicted molar refractivity (Wildman–Crippen MR) is 256 cm³/mol. The average Bonchev–Trinajstić information content (AvgIpc) is 3.87. The van der Waals surface area contributed by atoms with E-state index in [0.29, 0.717) is 17.5 Å². The van der Waals surface area contributed by atoms with Crippen LogP contribution >= 0.6 is 0 Å². The number of para-hydroxylation sites is 3. The molecule has 5 nitrogen and oxygen atoms in total. The molecule has 0 fully saturated rings. The number of benzene rings is 9. The van der Waals surface area contributed by atoms with Crippen molar-refractivity contribution < 1.29 is 0 Å². The number of nitrogens with zero attached hydrogens (tertiary/aromatic N) is 5. The number of fused-ring (bicyclic) bond motifs is 6. The minimum absolute atomic E-state index is 0.638. The van der Waals surface area contributed by atoms with Crippen molar-refractivity contribution in [2.75, 3.05) is 0 Å². The highest BCUT2D eigenvalue weighted by Crippen LogP contribution is 2.40. The first-order valence-corrected chi connectivity index (χ1v) is 20.9. The predicted octanol–water partition coefficient (Wildman–Crippen LogP) is 14.4. The fourth-order valence-corrected chi connectivity index (χ4v) is 9.11. The van der Waals surface area contributed by atoms with E-state index in [0.717, 1.165) is 44.7 Å². The molecule has 0 amide bonds. The third kappa shape index (κ3) is 5.98. The summed E-state index contributed by atoms with van der Waals surface area (Å²) >= 11 is 0. The molecule has 12 aromatic rings. The maximum atomic E-state index is 5.00. The van der Waals surface area contributed by atoms with E-state index in [-0.39, 0.29) is 0 Å². The smallest absolute Gasteiger partial charge is 0.164 e. The highest BCUT2D eigenvalue weighted by atomic mass is 15.0. The number of rotatable bonds is 7. The lowest BCUT2D eigenvalue weighted by Crippen LogP contribution is -2.00. The molecule has 0 aliphatic carbocycles. The average molecular weight is 792 g/mol. The van der Waals surface area contributed by atoms with Crippen molar-refractivity contribution in [3.63, 3.8) is 0 Å². The summed E-state index contributed by atoms with van der Waals surface area (Å²) in [6, 6.07) is 79.4. The Labute approximate surface area is 358 Å². The minimum atomic E-state index is 0.638. The Morgan fingerprint density at radius 3 is 1.40 bits per heavy atom. The van der Waals surface area contributed by atoms with Gasteiger partial charge in [0.05, 0.1) is 22.1 Å². The van der Waals surface area contributed by atoms with Crippen LogP contribution in [0.2, 0.25) is 0 Å². The van der Waals surface area contributed by atoms with Crippen molar-refractivity contribution in [3.8, 4) is 67.8 Å². The Kier molecular flexibility index (Phi) is 8.42. The van der Waals surface area contributed by atoms with E-state index >= 15 is 0 Å². The van der Waals surface area contributed by atoms with Gasteiger partial charge in [-0.2, -0.15) is 0 Å². The third-order valence-electron chi connectivity index (χ3n) is 12.0. The maximum absolute atomic E-state index is 5.00. The lowest BCUT2D eigenvalue weighted by molar-refractivity contribution is 1.07. The molecule has 0 radical (unpaired) electrons. The van der Waals surface area contributed by atoms with Gasteiger partial charge in [-0.1, -0.05) is 164 Å². The molecule has 0 saturated heterocycles. The number of hydrogen-bond acceptors (Lipinski definition) is 3. The molecule has 0 aliphatic rings. The molecule has 0 bridgehead atoms. The molecule has 0 aliphatic heterocycles. The molecule has 290 valence electrons. The first kappa shape index (κ1) is 35.5. The molecule has 5 heteroatoms. The topological polar surface area (TPSA) is 48.5 Å². The van der Waals surface area contributed by atoms with Crippen LogP contribution in [0.1, 0.15) is 0 Å². The molecule has 12 rings (SSSR count). The summed E-state index contributed by atoms with van der Waals surface area (Å²) in [5, 5.41) is 4.92. The Bertz CT molecular complexity index is 3550. The van der Waals surface area contributed by atoms with Crippen molar-refractivity contribution in [3.05, 3.63) is 224 Å². The molecule has 3 aromatic heterocycles. The van der Waals surface area contributed by atoms with Crippen LogP contribution in [0.25, 0.3) is 111 Å². The van der Waals surface area contributed by atoms with Gasteiger partial charge < -0.3 is 9.13 Å². The standard InChI is InChI=1S/C57H37N5/c1-4-16-39(17-5-1)55-58-56(40-18-6-2-7-19-40)60-57(59-55)43-21-14-20-41(36-43)42-32-35-52-49(37-42)47-24-10-12-27-50(47)61(52)45-33-30-38(31-34-45)46-26-15-29-53-54(46)48-25-11-13-28-51(48)62(53)44-22-8-3-9-23-44/h1-37H. The largest absolute Gasteiger partial charge is 0.309 e. The molecular formula is C57H37N5. The number of hydrogen-bond donors (Lipinski definition) is 0. The quantitative estimate of drug-likeness (QED) is 0.162. The third-order valence-corrected chi connectivity index (χ3v) is 12.0. The van der Waals surface area contributed by atoms with Gasteiger partial charge in [-0.15, -0.1) is 0 Å². The van der Waals surface area contributed by atoms with Crippen LogP contribution in [0.4, 0.5) is 0 Å². The van der Waals surface area contributed by atoms with Gasteiger partial charge in [0.15, 0.2) is 17.5 Å². The van der Waals surface area contributed by atoms with E-state index in [1.165, 1.54) is 49.2 Å². The molecule has 0 saturated carbocycles. The summed E-state index contributed by atoms with van der Waals surface area (Å²) in [5.41, 5.74) is 14.5. The van der Waals surface area contributed by atoms with Crippen LogP contribution in [-0.4, -0.2) is 24.1 Å². The molecule has 62 heavy (non-hydrogen) atoms. The second-order valence-electron chi connectivity index (χ2n) is 15.6. The maximum Gasteiger partial charge on any atom is 0.164 e. The van der Waals surface area contributed by atoms with Gasteiger partial charge in [0.2, 0.25) is 0 Å². The lowest BCUT2D eigenvalue weighted by Gasteiger charge is -2.11. The second-order valence-corrected chi connectivity index (χ2v) is 15.6. The van der Waals surface area contributed by atoms with E-state index in [1.54, 1.807) is 0 Å². The number of aromatic nitrogens is 5. The summed E-state index contributed by atoms with van der Waals surface area (Å²) in [7, 11) is 0. The van der Waals surface area contributed by atoms with Crippen LogP contribution in [-0.2, 0) is 0 Å². The second kappa shape index (κ2) is 14.7. The zero-order chi connectivity index (χ0) is 41.0. The molecule has 0 unspecified atom stereocenters. The lowest BCUT2D eigenvalue weighted by atomic mass is 9.99. The summed E-state index contributed by atoms with van der Waals surface area (Å²) in [6.07, 6.45) is 0. The minimum Gasteiger partial charge on any atom is -0.309 e. The zero-order valence-corrected chi connectivity index (χ0v) is 33.6. The van der Waals surface area contributed by atoms with Gasteiger partial charge in [0.25, 0.3) is 0 Å². The van der Waals surface area contributed by atoms with Crippen molar-refractivity contribution in [2.45, 2.75) is 0 Å². The van der Waals surface area contributed by atoms with E-state index < -0.39 is 0 Å². The Morgan fingerprint density at radius 2 is 0.710 bits per heavy atom. The van der Waals surface area contributed by atoms with Gasteiger partial charge in [-0.25, -0.2) is 15.0 Å².